The van der Waals surface area contributed by atoms with Crippen LogP contribution in [0.25, 0.3) is 0 Å². The fourth-order valence-electron chi connectivity index (χ4n) is 3.28. The van der Waals surface area contributed by atoms with Crippen LogP contribution >= 0.6 is 0 Å². The van der Waals surface area contributed by atoms with Gasteiger partial charge in [-0.2, -0.15) is 0 Å². The van der Waals surface area contributed by atoms with Crippen LogP contribution in [0.3, 0.4) is 0 Å². The Morgan fingerprint density at radius 2 is 2.30 bits per heavy atom. The van der Waals surface area contributed by atoms with Gasteiger partial charge in [0.15, 0.2) is 0 Å². The van der Waals surface area contributed by atoms with E-state index in [4.69, 9.17) is 4.74 Å². The lowest BCUT2D eigenvalue weighted by atomic mass is 9.94. The zero-order chi connectivity index (χ0) is 14.1. The van der Waals surface area contributed by atoms with Crippen LogP contribution < -0.4 is 10.2 Å². The Hall–Kier alpha value is -1.62. The number of carbonyl (C=O) groups excluding carboxylic acids is 1. The summed E-state index contributed by atoms with van der Waals surface area (Å²) in [6.45, 7) is 5.05. The number of hydrogen-bond donors (Lipinski definition) is 1. The maximum atomic E-state index is 11.6. The first-order valence-electron chi connectivity index (χ1n) is 7.23. The van der Waals surface area contributed by atoms with Gasteiger partial charge < -0.3 is 15.0 Å². The molecule has 5 nitrogen and oxygen atoms in total. The van der Waals surface area contributed by atoms with Crippen LogP contribution in [0.5, 0.6) is 0 Å². The molecule has 0 radical (unpaired) electrons. The van der Waals surface area contributed by atoms with Gasteiger partial charge >= 0.3 is 5.97 Å². The molecule has 3 heterocycles. The minimum absolute atomic E-state index is 0.321. The lowest BCUT2D eigenvalue weighted by molar-refractivity contribution is 0.0599. The molecule has 1 aromatic rings. The molecule has 0 aromatic carbocycles. The molecule has 3 rings (SSSR count). The molecule has 0 spiro atoms. The summed E-state index contributed by atoms with van der Waals surface area (Å²) in [7, 11) is 1.40. The first-order chi connectivity index (χ1) is 9.69. The number of nitrogens with one attached hydrogen (secondary N) is 1. The standard InChI is InChI=1S/C15H21N3O2/c1-10-12(15(19)20-2)5-6-14(17-10)18-8-11-4-3-7-16-13(11)9-18/h5-6,11,13,16H,3-4,7-9H2,1-2H3/t11-,13+/m0/s1. The van der Waals surface area contributed by atoms with E-state index in [1.54, 1.807) is 0 Å². The Morgan fingerprint density at radius 1 is 1.45 bits per heavy atom. The van der Waals surface area contributed by atoms with E-state index in [-0.39, 0.29) is 5.97 Å². The fourth-order valence-corrected chi connectivity index (χ4v) is 3.28. The second kappa shape index (κ2) is 5.40. The van der Waals surface area contributed by atoms with Gasteiger partial charge in [-0.3, -0.25) is 0 Å². The second-order valence-electron chi connectivity index (χ2n) is 5.66. The summed E-state index contributed by atoms with van der Waals surface area (Å²) in [5.41, 5.74) is 1.28. The maximum Gasteiger partial charge on any atom is 0.339 e. The molecule has 20 heavy (non-hydrogen) atoms. The highest BCUT2D eigenvalue weighted by Gasteiger charge is 2.34. The predicted molar refractivity (Wildman–Crippen MR) is 77.0 cm³/mol. The van der Waals surface area contributed by atoms with Crippen LogP contribution in [0, 0.1) is 12.8 Å². The van der Waals surface area contributed by atoms with Crippen molar-refractivity contribution in [3.8, 4) is 0 Å². The summed E-state index contributed by atoms with van der Waals surface area (Å²) in [5, 5.41) is 3.59. The van der Waals surface area contributed by atoms with Gasteiger partial charge in [-0.05, 0) is 44.4 Å². The molecule has 1 aromatic heterocycles. The van der Waals surface area contributed by atoms with Crippen LogP contribution in [0.1, 0.15) is 28.9 Å². The first kappa shape index (κ1) is 13.4. The molecule has 0 saturated carbocycles. The largest absolute Gasteiger partial charge is 0.465 e. The summed E-state index contributed by atoms with van der Waals surface area (Å²) in [5.74, 6) is 1.37. The van der Waals surface area contributed by atoms with Gasteiger partial charge in [0.2, 0.25) is 0 Å². The van der Waals surface area contributed by atoms with Gasteiger partial charge in [0.05, 0.1) is 18.4 Å². The molecule has 2 aliphatic rings. The number of aromatic nitrogens is 1. The average Bonchev–Trinajstić information content (AvgIpc) is 2.90. The molecular formula is C15H21N3O2. The molecule has 0 unspecified atom stereocenters. The minimum atomic E-state index is -0.321. The van der Waals surface area contributed by atoms with Crippen molar-refractivity contribution in [2.75, 3.05) is 31.6 Å². The summed E-state index contributed by atoms with van der Waals surface area (Å²) in [6, 6.07) is 4.33. The lowest BCUT2D eigenvalue weighted by Crippen LogP contribution is -2.40. The molecule has 2 atom stereocenters. The van der Waals surface area contributed by atoms with E-state index in [0.717, 1.165) is 37.1 Å². The van der Waals surface area contributed by atoms with Crippen LogP contribution in [0.4, 0.5) is 5.82 Å². The molecule has 0 amide bonds. The van der Waals surface area contributed by atoms with E-state index in [1.165, 1.54) is 20.0 Å². The number of piperidine rings is 1. The molecule has 2 aliphatic heterocycles. The van der Waals surface area contributed by atoms with Crippen molar-refractivity contribution >= 4 is 11.8 Å². The summed E-state index contributed by atoms with van der Waals surface area (Å²) >= 11 is 0. The van der Waals surface area contributed by atoms with E-state index >= 15 is 0 Å². The Kier molecular flexibility index (Phi) is 3.61. The minimum Gasteiger partial charge on any atom is -0.465 e. The van der Waals surface area contributed by atoms with Gasteiger partial charge in [-0.25, -0.2) is 9.78 Å². The maximum absolute atomic E-state index is 11.6. The third-order valence-corrected chi connectivity index (χ3v) is 4.40. The van der Waals surface area contributed by atoms with Crippen LogP contribution in [0.15, 0.2) is 12.1 Å². The third-order valence-electron chi connectivity index (χ3n) is 4.40. The monoisotopic (exact) mass is 275 g/mol. The molecule has 2 saturated heterocycles. The highest BCUT2D eigenvalue weighted by atomic mass is 16.5. The molecule has 108 valence electrons. The number of rotatable bonds is 2. The van der Waals surface area contributed by atoms with Crippen LogP contribution in [-0.4, -0.2) is 43.7 Å². The summed E-state index contributed by atoms with van der Waals surface area (Å²) < 4.78 is 4.76. The molecule has 1 N–H and O–H groups in total. The average molecular weight is 275 g/mol. The van der Waals surface area contributed by atoms with Crippen molar-refractivity contribution < 1.29 is 9.53 Å². The number of esters is 1. The number of carbonyl (C=O) groups is 1. The highest BCUT2D eigenvalue weighted by molar-refractivity contribution is 5.90. The predicted octanol–water partition coefficient (Wildman–Crippen LogP) is 1.36. The van der Waals surface area contributed by atoms with Gasteiger partial charge in [0, 0.05) is 19.1 Å². The van der Waals surface area contributed by atoms with Gasteiger partial charge in [-0.1, -0.05) is 0 Å². The zero-order valence-electron chi connectivity index (χ0n) is 12.1. The van der Waals surface area contributed by atoms with E-state index in [0.29, 0.717) is 11.6 Å². The Morgan fingerprint density at radius 3 is 3.00 bits per heavy atom. The smallest absolute Gasteiger partial charge is 0.339 e. The number of aryl methyl sites for hydroxylation is 1. The topological polar surface area (TPSA) is 54.5 Å². The van der Waals surface area contributed by atoms with Gasteiger partial charge in [-0.15, -0.1) is 0 Å². The summed E-state index contributed by atoms with van der Waals surface area (Å²) in [4.78, 5) is 18.5. The van der Waals surface area contributed by atoms with Crippen LogP contribution in [-0.2, 0) is 4.74 Å². The second-order valence-corrected chi connectivity index (χ2v) is 5.66. The van der Waals surface area contributed by atoms with E-state index in [2.05, 4.69) is 15.2 Å². The Bertz CT molecular complexity index is 504. The van der Waals surface area contributed by atoms with E-state index < -0.39 is 0 Å². The fraction of sp³-hybridized carbons (Fsp3) is 0.600. The third kappa shape index (κ3) is 2.38. The first-order valence-corrected chi connectivity index (χ1v) is 7.23. The number of nitrogens with zero attached hydrogens (tertiary/aromatic N) is 2. The van der Waals surface area contributed by atoms with Crippen molar-refractivity contribution in [3.63, 3.8) is 0 Å². The molecule has 0 bridgehead atoms. The number of methoxy groups -OCH3 is 1. The van der Waals surface area contributed by atoms with Gasteiger partial charge in [0.25, 0.3) is 0 Å². The quantitative estimate of drug-likeness (QED) is 0.826. The number of anilines is 1. The Balaban J connectivity index is 1.78. The van der Waals surface area contributed by atoms with Crippen molar-refractivity contribution in [2.45, 2.75) is 25.8 Å². The normalized spacial score (nSPS) is 25.4. The number of fused-ring (bicyclic) bond motifs is 1. The van der Waals surface area contributed by atoms with Crippen molar-refractivity contribution in [1.29, 1.82) is 0 Å². The van der Waals surface area contributed by atoms with Crippen molar-refractivity contribution in [1.82, 2.24) is 10.3 Å². The van der Waals surface area contributed by atoms with Crippen LogP contribution in [0.2, 0.25) is 0 Å². The van der Waals surface area contributed by atoms with E-state index in [1.807, 2.05) is 19.1 Å². The molecular weight excluding hydrogens is 254 g/mol. The number of ether oxygens (including phenoxy) is 1. The molecule has 5 heteroatoms. The highest BCUT2D eigenvalue weighted by Crippen LogP contribution is 2.28. The molecule has 0 aliphatic carbocycles. The van der Waals surface area contributed by atoms with Crippen molar-refractivity contribution in [3.05, 3.63) is 23.4 Å². The van der Waals surface area contributed by atoms with E-state index in [9.17, 15) is 4.79 Å². The van der Waals surface area contributed by atoms with Gasteiger partial charge in [0.1, 0.15) is 5.82 Å². The number of pyridine rings is 1. The zero-order valence-corrected chi connectivity index (χ0v) is 12.1. The lowest BCUT2D eigenvalue weighted by Gasteiger charge is -2.24. The molecule has 2 fully saturated rings. The Labute approximate surface area is 119 Å². The number of hydrogen-bond acceptors (Lipinski definition) is 5. The SMILES string of the molecule is COC(=O)c1ccc(N2C[C@@H]3CCCN[C@@H]3C2)nc1C. The summed E-state index contributed by atoms with van der Waals surface area (Å²) in [6.07, 6.45) is 2.57. The van der Waals surface area contributed by atoms with Crippen molar-refractivity contribution in [2.24, 2.45) is 5.92 Å².